The number of hydrogen-bond donors (Lipinski definition) is 2. The van der Waals surface area contributed by atoms with Gasteiger partial charge in [-0.2, -0.15) is 0 Å². The molecule has 20 heavy (non-hydrogen) atoms. The molecule has 1 aromatic rings. The van der Waals surface area contributed by atoms with E-state index in [1.54, 1.807) is 25.1 Å². The highest BCUT2D eigenvalue weighted by Gasteiger charge is 2.28. The van der Waals surface area contributed by atoms with E-state index in [0.29, 0.717) is 24.5 Å². The molecular weight excluding hydrogens is 256 g/mol. The van der Waals surface area contributed by atoms with Gasteiger partial charge in [-0.15, -0.1) is 0 Å². The van der Waals surface area contributed by atoms with Crippen molar-refractivity contribution < 1.29 is 14.3 Å². The molecule has 1 fully saturated rings. The lowest BCUT2D eigenvalue weighted by atomic mass is 9.94. The van der Waals surface area contributed by atoms with Crippen molar-refractivity contribution >= 4 is 17.3 Å². The fourth-order valence-electron chi connectivity index (χ4n) is 2.36. The maximum absolute atomic E-state index is 11.8. The van der Waals surface area contributed by atoms with Gasteiger partial charge in [-0.05, 0) is 44.9 Å². The molecule has 1 atom stereocenters. The largest absolute Gasteiger partial charge is 0.462 e. The SMILES string of the molecule is CCOC(=O)c1ccc(N)c(NC2(C)CCCOC2)c1. The summed E-state index contributed by atoms with van der Waals surface area (Å²) in [6, 6.07) is 5.15. The average molecular weight is 278 g/mol. The van der Waals surface area contributed by atoms with Crippen LogP contribution in [0.5, 0.6) is 0 Å². The monoisotopic (exact) mass is 278 g/mol. The number of anilines is 2. The van der Waals surface area contributed by atoms with Crippen LogP contribution in [0.25, 0.3) is 0 Å². The van der Waals surface area contributed by atoms with Gasteiger partial charge in [0.05, 0.1) is 35.7 Å². The van der Waals surface area contributed by atoms with Crippen molar-refractivity contribution in [2.24, 2.45) is 0 Å². The summed E-state index contributed by atoms with van der Waals surface area (Å²) in [6.07, 6.45) is 2.02. The van der Waals surface area contributed by atoms with Crippen molar-refractivity contribution in [2.45, 2.75) is 32.2 Å². The summed E-state index contributed by atoms with van der Waals surface area (Å²) in [6.45, 7) is 5.68. The number of carbonyl (C=O) groups is 1. The predicted molar refractivity (Wildman–Crippen MR) is 78.9 cm³/mol. The highest BCUT2D eigenvalue weighted by molar-refractivity contribution is 5.92. The molecule has 1 saturated heterocycles. The van der Waals surface area contributed by atoms with Crippen molar-refractivity contribution in [1.29, 1.82) is 0 Å². The number of hydrogen-bond acceptors (Lipinski definition) is 5. The molecule has 1 heterocycles. The molecular formula is C15H22N2O3. The fourth-order valence-corrected chi connectivity index (χ4v) is 2.36. The lowest BCUT2D eigenvalue weighted by Gasteiger charge is -2.35. The van der Waals surface area contributed by atoms with Crippen molar-refractivity contribution in [3.8, 4) is 0 Å². The topological polar surface area (TPSA) is 73.6 Å². The summed E-state index contributed by atoms with van der Waals surface area (Å²) in [4.78, 5) is 11.8. The van der Waals surface area contributed by atoms with Gasteiger partial charge in [0.25, 0.3) is 0 Å². The molecule has 0 amide bonds. The third-order valence-corrected chi connectivity index (χ3v) is 3.44. The van der Waals surface area contributed by atoms with Gasteiger partial charge in [0.15, 0.2) is 0 Å². The summed E-state index contributed by atoms with van der Waals surface area (Å²) >= 11 is 0. The Morgan fingerprint density at radius 3 is 3.00 bits per heavy atom. The van der Waals surface area contributed by atoms with Crippen LogP contribution in [-0.4, -0.2) is 31.3 Å². The molecule has 1 aromatic carbocycles. The molecule has 0 saturated carbocycles. The van der Waals surface area contributed by atoms with Crippen molar-refractivity contribution in [3.63, 3.8) is 0 Å². The molecule has 3 N–H and O–H groups in total. The number of rotatable bonds is 4. The first-order chi connectivity index (χ1) is 9.54. The molecule has 0 spiro atoms. The quantitative estimate of drug-likeness (QED) is 0.653. The predicted octanol–water partition coefficient (Wildman–Crippen LogP) is 2.43. The van der Waals surface area contributed by atoms with E-state index in [4.69, 9.17) is 15.2 Å². The van der Waals surface area contributed by atoms with E-state index < -0.39 is 0 Å². The number of nitrogens with two attached hydrogens (primary N) is 1. The van der Waals surface area contributed by atoms with Crippen molar-refractivity contribution in [3.05, 3.63) is 23.8 Å². The van der Waals surface area contributed by atoms with E-state index >= 15 is 0 Å². The molecule has 1 aliphatic heterocycles. The number of nitrogens with one attached hydrogen (secondary N) is 1. The van der Waals surface area contributed by atoms with E-state index in [9.17, 15) is 4.79 Å². The third-order valence-electron chi connectivity index (χ3n) is 3.44. The van der Waals surface area contributed by atoms with Crippen LogP contribution in [-0.2, 0) is 9.47 Å². The standard InChI is InChI=1S/C15H22N2O3/c1-3-20-14(18)11-5-6-12(16)13(9-11)17-15(2)7-4-8-19-10-15/h5-6,9,17H,3-4,7-8,10,16H2,1-2H3. The summed E-state index contributed by atoms with van der Waals surface area (Å²) in [7, 11) is 0. The summed E-state index contributed by atoms with van der Waals surface area (Å²) in [5, 5.41) is 3.41. The van der Waals surface area contributed by atoms with Crippen LogP contribution in [0.15, 0.2) is 18.2 Å². The minimum absolute atomic E-state index is 0.153. The zero-order valence-electron chi connectivity index (χ0n) is 12.1. The highest BCUT2D eigenvalue weighted by atomic mass is 16.5. The Labute approximate surface area is 119 Å². The molecule has 5 nitrogen and oxygen atoms in total. The molecule has 0 aliphatic carbocycles. The number of ether oxygens (including phenoxy) is 2. The van der Waals surface area contributed by atoms with Crippen LogP contribution in [0.1, 0.15) is 37.0 Å². The maximum Gasteiger partial charge on any atom is 0.338 e. The summed E-state index contributed by atoms with van der Waals surface area (Å²) in [5.74, 6) is -0.333. The molecule has 2 rings (SSSR count). The second-order valence-corrected chi connectivity index (χ2v) is 5.36. The smallest absolute Gasteiger partial charge is 0.338 e. The van der Waals surface area contributed by atoms with Crippen molar-refractivity contribution in [1.82, 2.24) is 0 Å². The Kier molecular flexibility index (Phi) is 4.49. The molecule has 5 heteroatoms. The summed E-state index contributed by atoms with van der Waals surface area (Å²) < 4.78 is 10.5. The van der Waals surface area contributed by atoms with Gasteiger partial charge in [-0.1, -0.05) is 0 Å². The lowest BCUT2D eigenvalue weighted by Crippen LogP contribution is -2.43. The molecule has 0 aromatic heterocycles. The Morgan fingerprint density at radius 2 is 2.35 bits per heavy atom. The molecule has 110 valence electrons. The Bertz CT molecular complexity index is 482. The van der Waals surface area contributed by atoms with Crippen LogP contribution in [0.3, 0.4) is 0 Å². The number of esters is 1. The third kappa shape index (κ3) is 3.42. The number of benzene rings is 1. The van der Waals surface area contributed by atoms with E-state index in [2.05, 4.69) is 12.2 Å². The number of nitrogen functional groups attached to an aromatic ring is 1. The molecule has 1 aliphatic rings. The van der Waals surface area contributed by atoms with Gasteiger partial charge in [0.2, 0.25) is 0 Å². The Hall–Kier alpha value is -1.75. The molecule has 0 bridgehead atoms. The average Bonchev–Trinajstić information content (AvgIpc) is 2.42. The maximum atomic E-state index is 11.8. The Morgan fingerprint density at radius 1 is 1.55 bits per heavy atom. The van der Waals surface area contributed by atoms with E-state index in [1.807, 2.05) is 0 Å². The van der Waals surface area contributed by atoms with E-state index in [-0.39, 0.29) is 11.5 Å². The van der Waals surface area contributed by atoms with Crippen LogP contribution in [0.2, 0.25) is 0 Å². The Balaban J connectivity index is 2.18. The minimum atomic E-state index is -0.333. The first-order valence-corrected chi connectivity index (χ1v) is 6.97. The number of carbonyl (C=O) groups excluding carboxylic acids is 1. The molecule has 0 radical (unpaired) electrons. The van der Waals surface area contributed by atoms with Gasteiger partial charge in [-0.25, -0.2) is 4.79 Å². The normalized spacial score (nSPS) is 22.3. The van der Waals surface area contributed by atoms with Gasteiger partial charge >= 0.3 is 5.97 Å². The summed E-state index contributed by atoms with van der Waals surface area (Å²) in [5.41, 5.74) is 7.70. The van der Waals surface area contributed by atoms with Gasteiger partial charge in [0, 0.05) is 6.61 Å². The zero-order valence-corrected chi connectivity index (χ0v) is 12.1. The first-order valence-electron chi connectivity index (χ1n) is 6.97. The zero-order chi connectivity index (χ0) is 14.6. The van der Waals surface area contributed by atoms with Crippen LogP contribution in [0.4, 0.5) is 11.4 Å². The van der Waals surface area contributed by atoms with Gasteiger partial charge in [0.1, 0.15) is 0 Å². The second-order valence-electron chi connectivity index (χ2n) is 5.36. The first kappa shape index (κ1) is 14.7. The fraction of sp³-hybridized carbons (Fsp3) is 0.533. The van der Waals surface area contributed by atoms with E-state index in [1.165, 1.54) is 0 Å². The van der Waals surface area contributed by atoms with E-state index in [0.717, 1.165) is 25.1 Å². The van der Waals surface area contributed by atoms with Gasteiger partial charge in [-0.3, -0.25) is 0 Å². The van der Waals surface area contributed by atoms with Crippen LogP contribution >= 0.6 is 0 Å². The second kappa shape index (κ2) is 6.13. The molecule has 1 unspecified atom stereocenters. The highest BCUT2D eigenvalue weighted by Crippen LogP contribution is 2.28. The lowest BCUT2D eigenvalue weighted by molar-refractivity contribution is 0.0525. The van der Waals surface area contributed by atoms with Crippen molar-refractivity contribution in [2.75, 3.05) is 30.9 Å². The minimum Gasteiger partial charge on any atom is -0.462 e. The van der Waals surface area contributed by atoms with Crippen LogP contribution < -0.4 is 11.1 Å². The van der Waals surface area contributed by atoms with Gasteiger partial charge < -0.3 is 20.5 Å². The van der Waals surface area contributed by atoms with Crippen LogP contribution in [0, 0.1) is 0 Å².